The van der Waals surface area contributed by atoms with E-state index in [0.717, 1.165) is 5.56 Å². The first-order valence-corrected chi connectivity index (χ1v) is 10.0. The largest absolute Gasteiger partial charge is 0.393 e. The van der Waals surface area contributed by atoms with Gasteiger partial charge in [-0.2, -0.15) is 0 Å². The predicted molar refractivity (Wildman–Crippen MR) is 107 cm³/mol. The van der Waals surface area contributed by atoms with E-state index in [4.69, 9.17) is 4.74 Å². The van der Waals surface area contributed by atoms with Crippen LogP contribution in [0.25, 0.3) is 0 Å². The molecule has 1 rings (SSSR count). The van der Waals surface area contributed by atoms with Gasteiger partial charge in [0.05, 0.1) is 37.6 Å². The van der Waals surface area contributed by atoms with Crippen LogP contribution in [0.1, 0.15) is 46.6 Å². The van der Waals surface area contributed by atoms with Gasteiger partial charge < -0.3 is 25.2 Å². The first-order chi connectivity index (χ1) is 12.7. The van der Waals surface area contributed by atoms with Crippen LogP contribution in [-0.2, 0) is 11.3 Å². The zero-order valence-corrected chi connectivity index (χ0v) is 17.3. The standard InChI is InChI=1S/C22H38O5/c1-6-19(23)15(3)21(25)17(5)22(26)16(4)20(24)14(2)12-27-13-18-10-8-7-9-11-18/h7-11,14-17,19-26H,6,12-13H2,1-5H3/t14-,15-,16+,17-,19-,20+,21+,22+/m1/s1. The van der Waals surface area contributed by atoms with Gasteiger partial charge in [0.1, 0.15) is 0 Å². The second-order valence-electron chi connectivity index (χ2n) is 8.00. The molecule has 0 fully saturated rings. The molecule has 0 unspecified atom stereocenters. The van der Waals surface area contributed by atoms with E-state index in [1.165, 1.54) is 0 Å². The van der Waals surface area contributed by atoms with Gasteiger partial charge in [0, 0.05) is 23.7 Å². The molecule has 156 valence electrons. The number of aliphatic hydroxyl groups is 4. The van der Waals surface area contributed by atoms with E-state index in [-0.39, 0.29) is 11.8 Å². The summed E-state index contributed by atoms with van der Waals surface area (Å²) in [5.41, 5.74) is 1.08. The summed E-state index contributed by atoms with van der Waals surface area (Å²) in [6, 6.07) is 9.84. The number of rotatable bonds is 12. The highest BCUT2D eigenvalue weighted by molar-refractivity contribution is 5.13. The van der Waals surface area contributed by atoms with Crippen molar-refractivity contribution in [3.05, 3.63) is 35.9 Å². The maximum absolute atomic E-state index is 10.6. The maximum atomic E-state index is 10.6. The van der Waals surface area contributed by atoms with Crippen molar-refractivity contribution < 1.29 is 25.2 Å². The molecule has 5 nitrogen and oxygen atoms in total. The SMILES string of the molecule is CC[C@@H](O)[C@@H](C)[C@H](O)[C@@H](C)[C@@H](O)[C@@H](C)[C@@H](O)[C@H](C)COCc1ccccc1. The Morgan fingerprint density at radius 1 is 0.778 bits per heavy atom. The molecule has 0 saturated carbocycles. The Morgan fingerprint density at radius 2 is 1.30 bits per heavy atom. The van der Waals surface area contributed by atoms with Crippen molar-refractivity contribution in [1.82, 2.24) is 0 Å². The average Bonchev–Trinajstić information content (AvgIpc) is 2.70. The molecule has 0 radical (unpaired) electrons. The van der Waals surface area contributed by atoms with E-state index in [1.807, 2.05) is 44.2 Å². The zero-order chi connectivity index (χ0) is 20.6. The van der Waals surface area contributed by atoms with Crippen molar-refractivity contribution in [2.75, 3.05) is 6.61 Å². The molecule has 0 spiro atoms. The highest BCUT2D eigenvalue weighted by Gasteiger charge is 2.36. The number of benzene rings is 1. The Kier molecular flexibility index (Phi) is 10.5. The van der Waals surface area contributed by atoms with Crippen molar-refractivity contribution in [2.45, 2.75) is 72.1 Å². The minimum Gasteiger partial charge on any atom is -0.393 e. The first kappa shape index (κ1) is 24.1. The van der Waals surface area contributed by atoms with Crippen molar-refractivity contribution >= 4 is 0 Å². The molecule has 1 aromatic rings. The number of hydrogen-bond donors (Lipinski definition) is 4. The van der Waals surface area contributed by atoms with Gasteiger partial charge in [0.2, 0.25) is 0 Å². The quantitative estimate of drug-likeness (QED) is 0.446. The van der Waals surface area contributed by atoms with Gasteiger partial charge in [-0.25, -0.2) is 0 Å². The molecule has 0 aliphatic rings. The Bertz CT molecular complexity index is 509. The smallest absolute Gasteiger partial charge is 0.0717 e. The highest BCUT2D eigenvalue weighted by atomic mass is 16.5. The number of hydrogen-bond acceptors (Lipinski definition) is 5. The van der Waals surface area contributed by atoms with Gasteiger partial charge in [0.15, 0.2) is 0 Å². The van der Waals surface area contributed by atoms with E-state index in [9.17, 15) is 20.4 Å². The lowest BCUT2D eigenvalue weighted by molar-refractivity contribution is -0.0897. The van der Waals surface area contributed by atoms with Crippen LogP contribution >= 0.6 is 0 Å². The van der Waals surface area contributed by atoms with Crippen LogP contribution in [0.15, 0.2) is 30.3 Å². The maximum Gasteiger partial charge on any atom is 0.0717 e. The topological polar surface area (TPSA) is 90.2 Å². The molecule has 5 heteroatoms. The Balaban J connectivity index is 2.53. The molecule has 27 heavy (non-hydrogen) atoms. The van der Waals surface area contributed by atoms with Gasteiger partial charge in [-0.3, -0.25) is 0 Å². The molecule has 0 aliphatic carbocycles. The van der Waals surface area contributed by atoms with Crippen molar-refractivity contribution in [1.29, 1.82) is 0 Å². The van der Waals surface area contributed by atoms with Crippen LogP contribution in [0.2, 0.25) is 0 Å². The van der Waals surface area contributed by atoms with Gasteiger partial charge in [-0.1, -0.05) is 65.0 Å². The molecule has 0 aromatic heterocycles. The van der Waals surface area contributed by atoms with Gasteiger partial charge in [0.25, 0.3) is 0 Å². The third kappa shape index (κ3) is 7.16. The van der Waals surface area contributed by atoms with Gasteiger partial charge >= 0.3 is 0 Å². The van der Waals surface area contributed by atoms with E-state index in [0.29, 0.717) is 19.6 Å². The van der Waals surface area contributed by atoms with E-state index in [2.05, 4.69) is 0 Å². The van der Waals surface area contributed by atoms with Gasteiger partial charge in [-0.15, -0.1) is 0 Å². The molecule has 0 amide bonds. The molecular formula is C22H38O5. The van der Waals surface area contributed by atoms with Crippen LogP contribution in [0.5, 0.6) is 0 Å². The second kappa shape index (κ2) is 11.8. The lowest BCUT2D eigenvalue weighted by atomic mass is 9.78. The Hall–Kier alpha value is -0.980. The summed E-state index contributed by atoms with van der Waals surface area (Å²) in [4.78, 5) is 0. The summed E-state index contributed by atoms with van der Waals surface area (Å²) in [7, 11) is 0. The fourth-order valence-corrected chi connectivity index (χ4v) is 3.51. The molecule has 1 aromatic carbocycles. The normalized spacial score (nSPS) is 20.9. The van der Waals surface area contributed by atoms with Crippen LogP contribution in [0.4, 0.5) is 0 Å². The summed E-state index contributed by atoms with van der Waals surface area (Å²) in [6.07, 6.45) is -2.53. The van der Waals surface area contributed by atoms with Crippen molar-refractivity contribution in [2.24, 2.45) is 23.7 Å². The Morgan fingerprint density at radius 3 is 1.85 bits per heavy atom. The van der Waals surface area contributed by atoms with Crippen LogP contribution in [-0.4, -0.2) is 51.4 Å². The highest BCUT2D eigenvalue weighted by Crippen LogP contribution is 2.27. The lowest BCUT2D eigenvalue weighted by Crippen LogP contribution is -2.45. The van der Waals surface area contributed by atoms with E-state index < -0.39 is 36.3 Å². The van der Waals surface area contributed by atoms with Crippen LogP contribution < -0.4 is 0 Å². The minimum atomic E-state index is -0.877. The average molecular weight is 383 g/mol. The number of ether oxygens (including phenoxy) is 1. The molecule has 0 aliphatic heterocycles. The van der Waals surface area contributed by atoms with E-state index in [1.54, 1.807) is 20.8 Å². The predicted octanol–water partition coefficient (Wildman–Crippen LogP) is 2.60. The van der Waals surface area contributed by atoms with Gasteiger partial charge in [-0.05, 0) is 12.0 Å². The van der Waals surface area contributed by atoms with E-state index >= 15 is 0 Å². The number of aliphatic hydroxyl groups excluding tert-OH is 4. The molecule has 0 bridgehead atoms. The summed E-state index contributed by atoms with van der Waals surface area (Å²) < 4.78 is 5.70. The fraction of sp³-hybridized carbons (Fsp3) is 0.727. The first-order valence-electron chi connectivity index (χ1n) is 10.0. The third-order valence-electron chi connectivity index (χ3n) is 5.79. The van der Waals surface area contributed by atoms with Crippen molar-refractivity contribution in [3.8, 4) is 0 Å². The Labute approximate surface area is 164 Å². The minimum absolute atomic E-state index is 0.152. The van der Waals surface area contributed by atoms with Crippen LogP contribution in [0.3, 0.4) is 0 Å². The summed E-state index contributed by atoms with van der Waals surface area (Å²) >= 11 is 0. The third-order valence-corrected chi connectivity index (χ3v) is 5.79. The summed E-state index contributed by atoms with van der Waals surface area (Å²) in [6.45, 7) is 9.94. The molecule has 0 heterocycles. The fourth-order valence-electron chi connectivity index (χ4n) is 3.51. The lowest BCUT2D eigenvalue weighted by Gasteiger charge is -2.36. The summed E-state index contributed by atoms with van der Waals surface area (Å²) in [5, 5.41) is 41.7. The molecular weight excluding hydrogens is 344 g/mol. The molecule has 8 atom stereocenters. The zero-order valence-electron chi connectivity index (χ0n) is 17.3. The van der Waals surface area contributed by atoms with Crippen molar-refractivity contribution in [3.63, 3.8) is 0 Å². The van der Waals surface area contributed by atoms with Crippen LogP contribution in [0, 0.1) is 23.7 Å². The molecule has 0 saturated heterocycles. The second-order valence-corrected chi connectivity index (χ2v) is 8.00. The monoisotopic (exact) mass is 382 g/mol. The molecule has 4 N–H and O–H groups in total. The summed E-state index contributed by atoms with van der Waals surface area (Å²) in [5.74, 6) is -1.36.